The molecule has 0 aliphatic heterocycles. The number of anilines is 2. The minimum atomic E-state index is -0.551. The number of ether oxygens (including phenoxy) is 3. The highest BCUT2D eigenvalue weighted by Crippen LogP contribution is 2.34. The molecular formula is C25H22N2O6. The van der Waals surface area contributed by atoms with Gasteiger partial charge in [-0.1, -0.05) is 24.3 Å². The molecule has 0 atom stereocenters. The maximum atomic E-state index is 13.2. The topological polar surface area (TPSA) is 99.0 Å². The van der Waals surface area contributed by atoms with E-state index in [9.17, 15) is 9.59 Å². The molecule has 0 spiro atoms. The van der Waals surface area contributed by atoms with E-state index in [1.54, 1.807) is 66.7 Å². The van der Waals surface area contributed by atoms with Gasteiger partial charge in [0.05, 0.1) is 32.6 Å². The van der Waals surface area contributed by atoms with Gasteiger partial charge in [0.2, 0.25) is 5.76 Å². The van der Waals surface area contributed by atoms with E-state index < -0.39 is 11.8 Å². The molecule has 0 bridgehead atoms. The number of nitrogens with one attached hydrogen (secondary N) is 2. The van der Waals surface area contributed by atoms with Crippen LogP contribution < -0.4 is 24.8 Å². The molecule has 33 heavy (non-hydrogen) atoms. The predicted molar refractivity (Wildman–Crippen MR) is 125 cm³/mol. The van der Waals surface area contributed by atoms with Gasteiger partial charge in [-0.3, -0.25) is 9.59 Å². The van der Waals surface area contributed by atoms with Crippen LogP contribution in [-0.2, 0) is 0 Å². The number of furan rings is 1. The van der Waals surface area contributed by atoms with Gasteiger partial charge in [-0.25, -0.2) is 0 Å². The van der Waals surface area contributed by atoms with Crippen LogP contribution >= 0.6 is 0 Å². The van der Waals surface area contributed by atoms with Crippen molar-refractivity contribution in [2.75, 3.05) is 32.0 Å². The highest BCUT2D eigenvalue weighted by molar-refractivity contribution is 6.17. The smallest absolute Gasteiger partial charge is 0.293 e. The summed E-state index contributed by atoms with van der Waals surface area (Å²) in [6.45, 7) is 0. The van der Waals surface area contributed by atoms with Crippen molar-refractivity contribution in [2.24, 2.45) is 0 Å². The number of fused-ring (bicyclic) bond motifs is 1. The predicted octanol–water partition coefficient (Wildman–Crippen LogP) is 4.96. The van der Waals surface area contributed by atoms with Crippen LogP contribution in [0.2, 0.25) is 0 Å². The van der Waals surface area contributed by atoms with E-state index in [1.807, 2.05) is 0 Å². The number of rotatable bonds is 7. The number of hydrogen-bond acceptors (Lipinski definition) is 6. The molecule has 0 aliphatic rings. The van der Waals surface area contributed by atoms with Crippen molar-refractivity contribution in [3.05, 3.63) is 78.1 Å². The van der Waals surface area contributed by atoms with E-state index in [-0.39, 0.29) is 11.4 Å². The summed E-state index contributed by atoms with van der Waals surface area (Å²) in [5, 5.41) is 6.18. The van der Waals surface area contributed by atoms with Crippen molar-refractivity contribution >= 4 is 34.2 Å². The van der Waals surface area contributed by atoms with Gasteiger partial charge in [-0.15, -0.1) is 0 Å². The van der Waals surface area contributed by atoms with Crippen LogP contribution in [0.4, 0.5) is 11.4 Å². The first-order valence-electron chi connectivity index (χ1n) is 10.0. The van der Waals surface area contributed by atoms with Gasteiger partial charge in [0.15, 0.2) is 0 Å². The standard InChI is InChI=1S/C25H22N2O6/c1-30-15-12-13-18(21(14-15)32-3)26-25(29)23-22(16-8-4-7-11-20(16)33-23)27-24(28)17-9-5-6-10-19(17)31-2/h4-14H,1-3H3,(H,26,29)(H,27,28). The highest BCUT2D eigenvalue weighted by atomic mass is 16.5. The molecule has 0 radical (unpaired) electrons. The highest BCUT2D eigenvalue weighted by Gasteiger charge is 2.24. The lowest BCUT2D eigenvalue weighted by Crippen LogP contribution is -2.18. The summed E-state index contributed by atoms with van der Waals surface area (Å²) in [5.41, 5.74) is 1.46. The zero-order chi connectivity index (χ0) is 23.4. The van der Waals surface area contributed by atoms with E-state index in [1.165, 1.54) is 21.3 Å². The quantitative estimate of drug-likeness (QED) is 0.416. The van der Waals surface area contributed by atoms with Crippen LogP contribution in [0, 0.1) is 0 Å². The second-order valence-corrected chi connectivity index (χ2v) is 6.98. The third kappa shape index (κ3) is 4.31. The Balaban J connectivity index is 1.71. The van der Waals surface area contributed by atoms with Crippen molar-refractivity contribution < 1.29 is 28.2 Å². The third-order valence-electron chi connectivity index (χ3n) is 5.05. The molecule has 2 amide bonds. The molecule has 4 aromatic rings. The monoisotopic (exact) mass is 446 g/mol. The van der Waals surface area contributed by atoms with Crippen molar-refractivity contribution in [3.63, 3.8) is 0 Å². The van der Waals surface area contributed by atoms with Gasteiger partial charge in [0, 0.05) is 11.5 Å². The van der Waals surface area contributed by atoms with E-state index >= 15 is 0 Å². The number of para-hydroxylation sites is 2. The fourth-order valence-electron chi connectivity index (χ4n) is 3.42. The number of amides is 2. The second-order valence-electron chi connectivity index (χ2n) is 6.98. The third-order valence-corrected chi connectivity index (χ3v) is 5.05. The summed E-state index contributed by atoms with van der Waals surface area (Å²) in [7, 11) is 4.52. The molecule has 4 rings (SSSR count). The van der Waals surface area contributed by atoms with E-state index in [4.69, 9.17) is 18.6 Å². The first-order valence-corrected chi connectivity index (χ1v) is 10.0. The fourth-order valence-corrected chi connectivity index (χ4v) is 3.42. The number of methoxy groups -OCH3 is 3. The van der Waals surface area contributed by atoms with E-state index in [2.05, 4.69) is 10.6 Å². The van der Waals surface area contributed by atoms with Crippen molar-refractivity contribution in [1.29, 1.82) is 0 Å². The average molecular weight is 446 g/mol. The Kier molecular flexibility index (Phi) is 6.17. The molecule has 2 N–H and O–H groups in total. The summed E-state index contributed by atoms with van der Waals surface area (Å²) in [6, 6.07) is 18.9. The Morgan fingerprint density at radius 3 is 2.24 bits per heavy atom. The first kappa shape index (κ1) is 21.8. The lowest BCUT2D eigenvalue weighted by Gasteiger charge is -2.12. The normalized spacial score (nSPS) is 10.5. The Hall–Kier alpha value is -4.46. The number of carbonyl (C=O) groups excluding carboxylic acids is 2. The fraction of sp³-hybridized carbons (Fsp3) is 0.120. The van der Waals surface area contributed by atoms with Crippen LogP contribution in [0.3, 0.4) is 0 Å². The molecule has 168 valence electrons. The Labute approximate surface area is 190 Å². The molecule has 8 nitrogen and oxygen atoms in total. The summed E-state index contributed by atoms with van der Waals surface area (Å²) in [5.74, 6) is 0.380. The van der Waals surface area contributed by atoms with Gasteiger partial charge >= 0.3 is 0 Å². The van der Waals surface area contributed by atoms with Gasteiger partial charge < -0.3 is 29.3 Å². The molecule has 0 fully saturated rings. The molecule has 0 saturated carbocycles. The van der Waals surface area contributed by atoms with Gasteiger partial charge in [-0.05, 0) is 36.4 Å². The number of hydrogen-bond donors (Lipinski definition) is 2. The summed E-state index contributed by atoms with van der Waals surface area (Å²) >= 11 is 0. The molecule has 1 aromatic heterocycles. The zero-order valence-electron chi connectivity index (χ0n) is 18.3. The van der Waals surface area contributed by atoms with Gasteiger partial charge in [-0.2, -0.15) is 0 Å². The lowest BCUT2D eigenvalue weighted by atomic mass is 10.1. The van der Waals surface area contributed by atoms with Crippen LogP contribution in [0.5, 0.6) is 17.2 Å². The summed E-state index contributed by atoms with van der Waals surface area (Å²) < 4.78 is 21.7. The summed E-state index contributed by atoms with van der Waals surface area (Å²) in [6.07, 6.45) is 0. The molecule has 3 aromatic carbocycles. The molecule has 0 saturated heterocycles. The maximum absolute atomic E-state index is 13.2. The molecular weight excluding hydrogens is 424 g/mol. The van der Waals surface area contributed by atoms with Gasteiger partial charge in [0.1, 0.15) is 28.5 Å². The van der Waals surface area contributed by atoms with E-state index in [0.717, 1.165) is 0 Å². The average Bonchev–Trinajstić information content (AvgIpc) is 3.22. The molecule has 8 heteroatoms. The molecule has 0 aliphatic carbocycles. The Morgan fingerprint density at radius 2 is 1.48 bits per heavy atom. The van der Waals surface area contributed by atoms with Crippen LogP contribution in [0.25, 0.3) is 11.0 Å². The second kappa shape index (κ2) is 9.35. The van der Waals surface area contributed by atoms with Crippen LogP contribution in [-0.4, -0.2) is 33.1 Å². The maximum Gasteiger partial charge on any atom is 0.293 e. The Morgan fingerprint density at radius 1 is 0.758 bits per heavy atom. The minimum absolute atomic E-state index is 0.0441. The van der Waals surface area contributed by atoms with Crippen molar-refractivity contribution in [2.45, 2.75) is 0 Å². The van der Waals surface area contributed by atoms with Crippen molar-refractivity contribution in [1.82, 2.24) is 0 Å². The van der Waals surface area contributed by atoms with Crippen LogP contribution in [0.15, 0.2) is 71.1 Å². The number of benzene rings is 3. The van der Waals surface area contributed by atoms with Crippen molar-refractivity contribution in [3.8, 4) is 17.2 Å². The first-order chi connectivity index (χ1) is 16.0. The molecule has 1 heterocycles. The van der Waals surface area contributed by atoms with Gasteiger partial charge in [0.25, 0.3) is 11.8 Å². The Bertz CT molecular complexity index is 1330. The minimum Gasteiger partial charge on any atom is -0.497 e. The lowest BCUT2D eigenvalue weighted by molar-refractivity contribution is 0.0999. The largest absolute Gasteiger partial charge is 0.497 e. The summed E-state index contributed by atoms with van der Waals surface area (Å²) in [4.78, 5) is 26.2. The van der Waals surface area contributed by atoms with E-state index in [0.29, 0.717) is 39.5 Å². The number of carbonyl (C=O) groups is 2. The zero-order valence-corrected chi connectivity index (χ0v) is 18.3. The SMILES string of the molecule is COc1ccc(NC(=O)c2oc3ccccc3c2NC(=O)c2ccccc2OC)c(OC)c1. The van der Waals surface area contributed by atoms with Crippen LogP contribution in [0.1, 0.15) is 20.9 Å². The molecule has 0 unspecified atom stereocenters.